The van der Waals surface area contributed by atoms with Crippen molar-refractivity contribution in [3.05, 3.63) is 47.5 Å². The summed E-state index contributed by atoms with van der Waals surface area (Å²) in [4.78, 5) is 25.5. The van der Waals surface area contributed by atoms with E-state index >= 15 is 0 Å². The normalized spacial score (nSPS) is 28.6. The molecule has 2 aliphatic heterocycles. The van der Waals surface area contributed by atoms with E-state index in [0.717, 1.165) is 12.2 Å². The maximum atomic E-state index is 12.9. The van der Waals surface area contributed by atoms with Gasteiger partial charge in [-0.15, -0.1) is 0 Å². The van der Waals surface area contributed by atoms with Crippen molar-refractivity contribution >= 4 is 24.1 Å². The molecule has 8 N–H and O–H groups in total. The Kier molecular flexibility index (Phi) is 13.9. The quantitative estimate of drug-likeness (QED) is 0.0765. The van der Waals surface area contributed by atoms with Gasteiger partial charge in [0, 0.05) is 12.2 Å². The molecule has 0 aliphatic carbocycles. The fraction of sp³-hybridized carbons (Fsp3) is 0.471. The molecule has 292 valence electrons. The minimum Gasteiger partial charge on any atom is -0.502 e. The number of benzene rings is 2. The number of carbonyl (C=O) groups excluding carboxylic acids is 2. The van der Waals surface area contributed by atoms with Gasteiger partial charge in [0.1, 0.15) is 49.8 Å². The van der Waals surface area contributed by atoms with Gasteiger partial charge in [-0.25, -0.2) is 9.59 Å². The predicted molar refractivity (Wildman–Crippen MR) is 177 cm³/mol. The first-order valence-electron chi connectivity index (χ1n) is 15.8. The second kappa shape index (κ2) is 17.9. The van der Waals surface area contributed by atoms with Crippen molar-refractivity contribution in [3.8, 4) is 34.5 Å². The predicted octanol–water partition coefficient (Wildman–Crippen LogP) is -1.42. The summed E-state index contributed by atoms with van der Waals surface area (Å²) < 4.78 is 47.8. The molecule has 2 saturated heterocycles. The maximum Gasteiger partial charge on any atom is 0.331 e. The fourth-order valence-corrected chi connectivity index (χ4v) is 5.49. The standard InChI is InChI=1S/C34H42O19/c1-45-18-9-16(10-19(46-2)26(18)39)5-7-24(37)49-14-23-28(41)30(43)31(44)33(50-23)53-34(15-36)32(29(42)22(13-35)52-34)51-25(38)8-6-17-11-20(47-3)27(40)21(12-17)48-4/h5-12,22-23,28-33,35-36,39-44H,13-15H2,1-4H3/b7-5+,8-6+/t22-,23+,28+,29-,30-,31+,32+,33+,34+/m1/s1. The molecule has 9 atom stereocenters. The number of aromatic hydroxyl groups is 2. The fourth-order valence-electron chi connectivity index (χ4n) is 5.49. The van der Waals surface area contributed by atoms with Gasteiger partial charge in [0.05, 0.1) is 35.0 Å². The van der Waals surface area contributed by atoms with E-state index in [4.69, 9.17) is 42.6 Å². The number of methoxy groups -OCH3 is 4. The monoisotopic (exact) mass is 754 g/mol. The molecule has 4 rings (SSSR count). The van der Waals surface area contributed by atoms with Crippen molar-refractivity contribution in [1.29, 1.82) is 0 Å². The van der Waals surface area contributed by atoms with Gasteiger partial charge in [-0.2, -0.15) is 0 Å². The molecule has 0 spiro atoms. The van der Waals surface area contributed by atoms with Crippen LogP contribution in [-0.4, -0.2) is 156 Å². The number of rotatable bonds is 15. The first-order valence-corrected chi connectivity index (χ1v) is 15.8. The summed E-state index contributed by atoms with van der Waals surface area (Å²) in [6.07, 6.45) is -9.97. The van der Waals surface area contributed by atoms with Gasteiger partial charge in [-0.3, -0.25) is 0 Å². The minimum absolute atomic E-state index is 0.0366. The third-order valence-electron chi connectivity index (χ3n) is 8.32. The zero-order valence-electron chi connectivity index (χ0n) is 28.9. The number of phenolic OH excluding ortho intramolecular Hbond substituents is 2. The van der Waals surface area contributed by atoms with Crippen LogP contribution in [0.1, 0.15) is 11.1 Å². The topological polar surface area (TPSA) is 279 Å². The molecular formula is C34H42O19. The van der Waals surface area contributed by atoms with E-state index in [1.807, 2.05) is 0 Å². The molecule has 2 aromatic rings. The molecule has 19 nitrogen and oxygen atoms in total. The van der Waals surface area contributed by atoms with E-state index in [2.05, 4.69) is 0 Å². The van der Waals surface area contributed by atoms with Crippen molar-refractivity contribution in [3.63, 3.8) is 0 Å². The summed E-state index contributed by atoms with van der Waals surface area (Å²) in [6.45, 7) is -2.69. The number of carbonyl (C=O) groups is 2. The summed E-state index contributed by atoms with van der Waals surface area (Å²) in [5.41, 5.74) is 0.708. The first-order chi connectivity index (χ1) is 25.3. The Morgan fingerprint density at radius 3 is 1.66 bits per heavy atom. The van der Waals surface area contributed by atoms with Gasteiger partial charge in [-0.05, 0) is 47.5 Å². The van der Waals surface area contributed by atoms with Crippen LogP contribution in [0.15, 0.2) is 36.4 Å². The third-order valence-corrected chi connectivity index (χ3v) is 8.32. The van der Waals surface area contributed by atoms with Gasteiger partial charge >= 0.3 is 11.9 Å². The number of esters is 2. The highest BCUT2D eigenvalue weighted by Crippen LogP contribution is 2.40. The SMILES string of the molecule is COc1cc(/C=C/C(=O)OC[C@@H]2O[C@@H](O[C@]3(CO)O[C@H](CO)[C@@H](O)[C@@H]3OC(=O)/C=C/c3cc(OC)c(O)c(OC)c3)[C@@H](O)[C@H](O)[C@H]2O)cc(OC)c1O. The summed E-state index contributed by atoms with van der Waals surface area (Å²) in [5.74, 6) is -4.86. The number of hydrogen-bond donors (Lipinski definition) is 8. The zero-order valence-corrected chi connectivity index (χ0v) is 28.9. The molecular weight excluding hydrogens is 712 g/mol. The Labute approximate surface area is 302 Å². The van der Waals surface area contributed by atoms with Gasteiger partial charge in [0.25, 0.3) is 0 Å². The molecule has 2 aliphatic rings. The van der Waals surface area contributed by atoms with Crippen molar-refractivity contribution in [1.82, 2.24) is 0 Å². The average Bonchev–Trinajstić information content (AvgIpc) is 3.42. The van der Waals surface area contributed by atoms with Crippen LogP contribution >= 0.6 is 0 Å². The van der Waals surface area contributed by atoms with Crippen LogP contribution in [0.3, 0.4) is 0 Å². The lowest BCUT2D eigenvalue weighted by Crippen LogP contribution is -2.63. The second-order valence-corrected chi connectivity index (χ2v) is 11.6. The van der Waals surface area contributed by atoms with E-state index in [1.54, 1.807) is 0 Å². The summed E-state index contributed by atoms with van der Waals surface area (Å²) in [6, 6.07) is 5.60. The Morgan fingerprint density at radius 1 is 0.717 bits per heavy atom. The molecule has 2 fully saturated rings. The number of aliphatic hydroxyl groups excluding tert-OH is 6. The molecule has 19 heteroatoms. The molecule has 2 aromatic carbocycles. The smallest absolute Gasteiger partial charge is 0.331 e. The molecule has 53 heavy (non-hydrogen) atoms. The van der Waals surface area contributed by atoms with E-state index in [1.165, 1.54) is 64.9 Å². The molecule has 0 aromatic heterocycles. The molecule has 0 radical (unpaired) electrons. The highest BCUT2D eigenvalue weighted by molar-refractivity contribution is 5.88. The Bertz CT molecular complexity index is 1590. The van der Waals surface area contributed by atoms with Crippen LogP contribution < -0.4 is 18.9 Å². The van der Waals surface area contributed by atoms with Crippen LogP contribution in [-0.2, 0) is 33.3 Å². The largest absolute Gasteiger partial charge is 0.502 e. The Hall–Kier alpha value is -4.70. The number of hydrogen-bond acceptors (Lipinski definition) is 19. The maximum absolute atomic E-state index is 12.9. The third kappa shape index (κ3) is 9.10. The van der Waals surface area contributed by atoms with Crippen molar-refractivity contribution in [2.24, 2.45) is 0 Å². The van der Waals surface area contributed by atoms with Gasteiger partial charge < -0.3 is 83.5 Å². The van der Waals surface area contributed by atoms with Gasteiger partial charge in [-0.1, -0.05) is 0 Å². The number of phenols is 2. The van der Waals surface area contributed by atoms with Crippen LogP contribution in [0.4, 0.5) is 0 Å². The van der Waals surface area contributed by atoms with Crippen LogP contribution in [0.2, 0.25) is 0 Å². The molecule has 2 heterocycles. The lowest BCUT2D eigenvalue weighted by Gasteiger charge is -2.43. The molecule has 0 amide bonds. The number of aliphatic hydroxyl groups is 6. The first kappa shape index (κ1) is 41.1. The van der Waals surface area contributed by atoms with E-state index in [9.17, 15) is 50.4 Å². The van der Waals surface area contributed by atoms with Crippen molar-refractivity contribution < 1.29 is 93.1 Å². The van der Waals surface area contributed by atoms with Gasteiger partial charge in [0.15, 0.2) is 35.4 Å². The molecule has 0 saturated carbocycles. The van der Waals surface area contributed by atoms with Crippen molar-refractivity contribution in [2.45, 2.75) is 54.8 Å². The highest BCUT2D eigenvalue weighted by atomic mass is 16.8. The minimum atomic E-state index is -2.51. The Morgan fingerprint density at radius 2 is 1.21 bits per heavy atom. The highest BCUT2D eigenvalue weighted by Gasteiger charge is 2.60. The van der Waals surface area contributed by atoms with Crippen LogP contribution in [0, 0.1) is 0 Å². The van der Waals surface area contributed by atoms with Crippen molar-refractivity contribution in [2.75, 3.05) is 48.3 Å². The van der Waals surface area contributed by atoms with Crippen LogP contribution in [0.5, 0.6) is 34.5 Å². The van der Waals surface area contributed by atoms with E-state index in [-0.39, 0.29) is 34.5 Å². The van der Waals surface area contributed by atoms with E-state index < -0.39 is 86.6 Å². The molecule has 0 bridgehead atoms. The van der Waals surface area contributed by atoms with Gasteiger partial charge in [0.2, 0.25) is 17.3 Å². The summed E-state index contributed by atoms with van der Waals surface area (Å²) >= 11 is 0. The van der Waals surface area contributed by atoms with Crippen LogP contribution in [0.25, 0.3) is 12.2 Å². The van der Waals surface area contributed by atoms with E-state index in [0.29, 0.717) is 11.1 Å². The lowest BCUT2D eigenvalue weighted by molar-refractivity contribution is -0.383. The summed E-state index contributed by atoms with van der Waals surface area (Å²) in [5, 5.41) is 83.3. The Balaban J connectivity index is 1.48. The second-order valence-electron chi connectivity index (χ2n) is 11.6. The zero-order chi connectivity index (χ0) is 39.0. The summed E-state index contributed by atoms with van der Waals surface area (Å²) in [7, 11) is 5.26. The number of ether oxygens (including phenoxy) is 9. The lowest BCUT2D eigenvalue weighted by atomic mass is 9.98. The average molecular weight is 755 g/mol. The molecule has 0 unspecified atom stereocenters.